The van der Waals surface area contributed by atoms with E-state index in [9.17, 15) is 0 Å². The van der Waals surface area contributed by atoms with Gasteiger partial charge in [0.15, 0.2) is 0 Å². The zero-order chi connectivity index (χ0) is 39.5. The number of rotatable bonds is 13. The van der Waals surface area contributed by atoms with Crippen molar-refractivity contribution in [3.8, 4) is 19.5 Å². The van der Waals surface area contributed by atoms with Crippen LogP contribution in [0.1, 0.15) is 31.3 Å². The van der Waals surface area contributed by atoms with E-state index < -0.39 is 34.5 Å². The van der Waals surface area contributed by atoms with Crippen LogP contribution in [0, 0.1) is 0 Å². The second kappa shape index (κ2) is 16.8. The highest BCUT2D eigenvalue weighted by molar-refractivity contribution is 8.08. The maximum absolute atomic E-state index is 16.2. The van der Waals surface area contributed by atoms with Crippen LogP contribution in [0.2, 0.25) is 0 Å². The molecule has 0 amide bonds. The van der Waals surface area contributed by atoms with Gasteiger partial charge in [0.1, 0.15) is 0 Å². The molecule has 7 rings (SSSR count). The standard InChI is InChI=1S/C44H30F6S6/c1-28(26-37(53-25-9-23-51)34-21-19-31(54-34)17-15-29-10-4-2-5-11-29)39-40(43(47,48)44(49,50)42(39,45)46)33-27-38(56-41(33)36-14-8-24-52-36)35-22-20-32(55-35)18-16-30-12-6-3-7-13-30/h2-24,26-27,51H,1,25H2/b17-15+,18-16+,23-9-,37-26-. The Morgan fingerprint density at radius 1 is 0.679 bits per heavy atom. The molecule has 0 radical (unpaired) electrons. The molecule has 6 aromatic rings. The first-order valence-corrected chi connectivity index (χ1v) is 21.8. The Bertz CT molecular complexity index is 2480. The van der Waals surface area contributed by atoms with E-state index in [1.54, 1.807) is 29.7 Å². The quantitative estimate of drug-likeness (QED) is 0.0686. The summed E-state index contributed by atoms with van der Waals surface area (Å²) in [5, 5.41) is 3.24. The van der Waals surface area contributed by atoms with Crippen LogP contribution < -0.4 is 0 Å². The minimum absolute atomic E-state index is 0.198. The molecule has 0 saturated carbocycles. The smallest absolute Gasteiger partial charge is 0.194 e. The van der Waals surface area contributed by atoms with Crippen LogP contribution in [-0.2, 0) is 0 Å². The van der Waals surface area contributed by atoms with Gasteiger partial charge in [0.25, 0.3) is 0 Å². The highest BCUT2D eigenvalue weighted by Gasteiger charge is 2.80. The number of alkyl halides is 6. The van der Waals surface area contributed by atoms with Gasteiger partial charge in [-0.3, -0.25) is 0 Å². The van der Waals surface area contributed by atoms with Crippen molar-refractivity contribution in [3.63, 3.8) is 0 Å². The molecule has 0 spiro atoms. The lowest BCUT2D eigenvalue weighted by atomic mass is 9.94. The van der Waals surface area contributed by atoms with Gasteiger partial charge in [0, 0.05) is 56.6 Å². The molecule has 0 saturated heterocycles. The lowest BCUT2D eigenvalue weighted by molar-refractivity contribution is -0.259. The van der Waals surface area contributed by atoms with E-state index in [1.165, 1.54) is 63.3 Å². The molecule has 56 heavy (non-hydrogen) atoms. The van der Waals surface area contributed by atoms with Gasteiger partial charge in [0.2, 0.25) is 0 Å². The summed E-state index contributed by atoms with van der Waals surface area (Å²) >= 11 is 10.4. The number of halogens is 6. The lowest BCUT2D eigenvalue weighted by Gasteiger charge is -2.26. The van der Waals surface area contributed by atoms with Gasteiger partial charge in [-0.15, -0.1) is 57.1 Å². The summed E-state index contributed by atoms with van der Waals surface area (Å²) in [5.74, 6) is -15.8. The molecular formula is C44H30F6S6. The van der Waals surface area contributed by atoms with Crippen molar-refractivity contribution in [3.05, 3.63) is 175 Å². The predicted molar refractivity (Wildman–Crippen MR) is 235 cm³/mol. The van der Waals surface area contributed by atoms with E-state index in [4.69, 9.17) is 0 Å². The largest absolute Gasteiger partial charge is 0.380 e. The lowest BCUT2D eigenvalue weighted by Crippen LogP contribution is -2.49. The Morgan fingerprint density at radius 3 is 1.95 bits per heavy atom. The van der Waals surface area contributed by atoms with Gasteiger partial charge in [-0.25, -0.2) is 0 Å². The second-order valence-corrected chi connectivity index (χ2v) is 18.0. The van der Waals surface area contributed by atoms with Crippen molar-refractivity contribution in [2.75, 3.05) is 5.75 Å². The third-order valence-electron chi connectivity index (χ3n) is 8.70. The van der Waals surface area contributed by atoms with Crippen LogP contribution in [0.3, 0.4) is 0 Å². The fourth-order valence-electron chi connectivity index (χ4n) is 6.01. The van der Waals surface area contributed by atoms with Gasteiger partial charge >= 0.3 is 17.8 Å². The van der Waals surface area contributed by atoms with Crippen LogP contribution in [0.25, 0.3) is 54.3 Å². The Kier molecular flexibility index (Phi) is 12.1. The van der Waals surface area contributed by atoms with E-state index in [1.807, 2.05) is 103 Å². The Hall–Kier alpha value is -4.04. The molecule has 0 nitrogen and oxygen atoms in total. The molecule has 0 N–H and O–H groups in total. The molecule has 0 atom stereocenters. The number of benzene rings is 2. The first-order chi connectivity index (χ1) is 26.9. The summed E-state index contributed by atoms with van der Waals surface area (Å²) < 4.78 is 95.9. The number of hydrogen-bond acceptors (Lipinski definition) is 6. The molecule has 0 bridgehead atoms. The summed E-state index contributed by atoms with van der Waals surface area (Å²) in [6, 6.07) is 31.3. The molecule has 0 aliphatic heterocycles. The minimum atomic E-state index is -5.73. The number of hydrogen-bond donors (Lipinski definition) is 1. The highest BCUT2D eigenvalue weighted by Crippen LogP contribution is 2.65. The third-order valence-corrected chi connectivity index (χ3v) is 14.6. The average Bonchev–Trinajstić information content (AvgIpc) is 4.03. The van der Waals surface area contributed by atoms with Gasteiger partial charge in [-0.05, 0) is 82.1 Å². The average molecular weight is 865 g/mol. The van der Waals surface area contributed by atoms with Crippen molar-refractivity contribution in [2.24, 2.45) is 0 Å². The van der Waals surface area contributed by atoms with Crippen molar-refractivity contribution in [2.45, 2.75) is 17.8 Å². The van der Waals surface area contributed by atoms with Crippen LogP contribution in [0.15, 0.2) is 144 Å². The van der Waals surface area contributed by atoms with Crippen molar-refractivity contribution in [1.82, 2.24) is 0 Å². The molecule has 0 unspecified atom stereocenters. The number of thiol groups is 1. The van der Waals surface area contributed by atoms with Gasteiger partial charge in [0.05, 0.1) is 4.88 Å². The van der Waals surface area contributed by atoms with Crippen molar-refractivity contribution >= 4 is 105 Å². The zero-order valence-corrected chi connectivity index (χ0v) is 34.1. The van der Waals surface area contributed by atoms with Gasteiger partial charge in [-0.2, -0.15) is 39.0 Å². The summed E-state index contributed by atoms with van der Waals surface area (Å²) in [6.07, 6.45) is 10.6. The molecule has 1 aliphatic rings. The maximum atomic E-state index is 16.2. The molecule has 4 heterocycles. The number of allylic oxidation sites excluding steroid dienone is 4. The molecule has 2 aromatic carbocycles. The Labute approximate surface area is 346 Å². The SMILES string of the molecule is C=C(/C=C(\SC/C=C\S)c1ccc(/C=C/c2ccccc2)s1)C1=C(c2cc(-c3ccc(/C=C/c4ccccc4)s3)sc2-c2cccs2)C(F)(F)C(F)(F)C1(F)F. The van der Waals surface area contributed by atoms with E-state index in [0.29, 0.717) is 30.2 Å². The second-order valence-electron chi connectivity index (χ2n) is 12.4. The molecule has 284 valence electrons. The van der Waals surface area contributed by atoms with Crippen molar-refractivity contribution < 1.29 is 26.3 Å². The fraction of sp³-hybridized carbons (Fsp3) is 0.0909. The summed E-state index contributed by atoms with van der Waals surface area (Å²) in [4.78, 5) is 4.60. The minimum Gasteiger partial charge on any atom is -0.194 e. The normalized spacial score (nSPS) is 16.6. The highest BCUT2D eigenvalue weighted by atomic mass is 32.2. The Balaban J connectivity index is 1.34. The number of thioether (sulfide) groups is 1. The third kappa shape index (κ3) is 8.05. The Morgan fingerprint density at radius 2 is 1.32 bits per heavy atom. The molecule has 1 aliphatic carbocycles. The van der Waals surface area contributed by atoms with Crippen LogP contribution in [0.4, 0.5) is 26.3 Å². The predicted octanol–water partition coefficient (Wildman–Crippen LogP) is 16.1. The summed E-state index contributed by atoms with van der Waals surface area (Å²) in [5.41, 5.74) is -1.93. The zero-order valence-electron chi connectivity index (χ0n) is 29.1. The molecular weight excluding hydrogens is 835 g/mol. The summed E-state index contributed by atoms with van der Waals surface area (Å²) in [7, 11) is 0. The van der Waals surface area contributed by atoms with Crippen molar-refractivity contribution in [1.29, 1.82) is 0 Å². The molecule has 12 heteroatoms. The first kappa shape index (κ1) is 40.2. The van der Waals surface area contributed by atoms with E-state index in [-0.39, 0.29) is 10.4 Å². The van der Waals surface area contributed by atoms with Gasteiger partial charge in [-0.1, -0.05) is 91.5 Å². The van der Waals surface area contributed by atoms with Crippen LogP contribution in [-0.4, -0.2) is 23.5 Å². The van der Waals surface area contributed by atoms with E-state index in [0.717, 1.165) is 32.2 Å². The summed E-state index contributed by atoms with van der Waals surface area (Å²) in [6.45, 7) is 3.79. The topological polar surface area (TPSA) is 0 Å². The molecule has 4 aromatic heterocycles. The molecule has 0 fully saturated rings. The van der Waals surface area contributed by atoms with Gasteiger partial charge < -0.3 is 0 Å². The fourth-order valence-corrected chi connectivity index (χ4v) is 11.2. The van der Waals surface area contributed by atoms with E-state index >= 15 is 26.3 Å². The van der Waals surface area contributed by atoms with E-state index in [2.05, 4.69) is 19.2 Å². The monoisotopic (exact) mass is 864 g/mol. The maximum Gasteiger partial charge on any atom is 0.380 e. The number of thiophene rings is 4. The first-order valence-electron chi connectivity index (χ1n) is 17.0. The van der Waals surface area contributed by atoms with Crippen LogP contribution in [0.5, 0.6) is 0 Å². The van der Waals surface area contributed by atoms with Crippen LogP contribution >= 0.6 is 69.7 Å².